The first-order chi connectivity index (χ1) is 11.5. The number of aromatic carboxylic acids is 1. The molecule has 0 radical (unpaired) electrons. The first kappa shape index (κ1) is 16.8. The van der Waals surface area contributed by atoms with Crippen LogP contribution in [0.2, 0.25) is 0 Å². The molecule has 120 valence electrons. The maximum absolute atomic E-state index is 12.2. The number of carboxylic acid groups (broad SMARTS) is 1. The molecule has 6 nitrogen and oxygen atoms in total. The van der Waals surface area contributed by atoms with Crippen LogP contribution in [-0.2, 0) is 4.79 Å². The average Bonchev–Trinajstić information content (AvgIpc) is 2.60. The Balaban J connectivity index is 2.19. The molecule has 1 amide bonds. The Morgan fingerprint density at radius 2 is 1.92 bits per heavy atom. The molecule has 0 aliphatic carbocycles. The van der Waals surface area contributed by atoms with E-state index in [1.165, 1.54) is 30.3 Å². The molecule has 2 rings (SSSR count). The normalized spacial score (nSPS) is 10.6. The topological polar surface area (TPSA) is 102 Å². The molecule has 0 unspecified atom stereocenters. The van der Waals surface area contributed by atoms with Crippen LogP contribution in [0.5, 0.6) is 5.75 Å². The van der Waals surface area contributed by atoms with Gasteiger partial charge in [-0.05, 0) is 41.5 Å². The molecule has 0 saturated carbocycles. The molecule has 0 fully saturated rings. The van der Waals surface area contributed by atoms with Crippen LogP contribution in [0.4, 0.5) is 5.69 Å². The fourth-order valence-corrected chi connectivity index (χ4v) is 1.94. The molecule has 0 atom stereocenters. The van der Waals surface area contributed by atoms with Crippen molar-refractivity contribution in [2.24, 2.45) is 0 Å². The molecular weight excluding hydrogens is 308 g/mol. The summed E-state index contributed by atoms with van der Waals surface area (Å²) in [5.41, 5.74) is 0.744. The first-order valence-corrected chi connectivity index (χ1v) is 6.92. The highest BCUT2D eigenvalue weighted by Crippen LogP contribution is 2.15. The molecule has 2 aromatic rings. The highest BCUT2D eigenvalue weighted by atomic mass is 16.5. The number of carbonyl (C=O) groups excluding carboxylic acids is 2. The van der Waals surface area contributed by atoms with Gasteiger partial charge in [-0.15, -0.1) is 0 Å². The van der Waals surface area contributed by atoms with Crippen LogP contribution in [0.3, 0.4) is 0 Å². The van der Waals surface area contributed by atoms with Gasteiger partial charge < -0.3 is 20.0 Å². The highest BCUT2D eigenvalue weighted by Gasteiger charge is 2.10. The summed E-state index contributed by atoms with van der Waals surface area (Å²) in [7, 11) is 1.54. The van der Waals surface area contributed by atoms with E-state index in [4.69, 9.17) is 4.74 Å². The van der Waals surface area contributed by atoms with E-state index < -0.39 is 11.9 Å². The molecule has 0 saturated heterocycles. The van der Waals surface area contributed by atoms with Crippen LogP contribution >= 0.6 is 0 Å². The summed E-state index contributed by atoms with van der Waals surface area (Å²) in [6.07, 6.45) is 1.43. The summed E-state index contributed by atoms with van der Waals surface area (Å²) in [5.74, 6) is -1.32. The number of nitriles is 1. The lowest BCUT2D eigenvalue weighted by Crippen LogP contribution is -2.22. The van der Waals surface area contributed by atoms with E-state index >= 15 is 0 Å². The lowest BCUT2D eigenvalue weighted by Gasteiger charge is -2.07. The zero-order chi connectivity index (χ0) is 17.5. The number of benzene rings is 2. The smallest absolute Gasteiger partial charge is 0.266 e. The Morgan fingerprint density at radius 3 is 2.50 bits per heavy atom. The van der Waals surface area contributed by atoms with Crippen LogP contribution < -0.4 is 15.2 Å². The number of anilines is 1. The summed E-state index contributed by atoms with van der Waals surface area (Å²) in [4.78, 5) is 23.0. The van der Waals surface area contributed by atoms with Crippen LogP contribution in [0, 0.1) is 11.3 Å². The first-order valence-electron chi connectivity index (χ1n) is 6.92. The highest BCUT2D eigenvalue weighted by molar-refractivity contribution is 6.09. The van der Waals surface area contributed by atoms with Gasteiger partial charge >= 0.3 is 0 Å². The Bertz CT molecular complexity index is 833. The van der Waals surface area contributed by atoms with E-state index in [0.717, 1.165) is 0 Å². The quantitative estimate of drug-likeness (QED) is 0.665. The van der Waals surface area contributed by atoms with Gasteiger partial charge in [0.2, 0.25) is 0 Å². The van der Waals surface area contributed by atoms with Gasteiger partial charge in [0, 0.05) is 5.69 Å². The van der Waals surface area contributed by atoms with Crippen molar-refractivity contribution in [3.63, 3.8) is 0 Å². The number of methoxy groups -OCH3 is 1. The molecule has 0 aliphatic heterocycles. The summed E-state index contributed by atoms with van der Waals surface area (Å²) in [6.45, 7) is 0. The predicted molar refractivity (Wildman–Crippen MR) is 86.0 cm³/mol. The standard InChI is InChI=1S/C18H14N2O4/c1-24-16-7-5-12(6-8-16)9-14(11-19)17(21)20-15-4-2-3-13(10-15)18(22)23/h2-10H,1H3,(H,20,21)(H,22,23)/p-1. The molecule has 24 heavy (non-hydrogen) atoms. The number of carbonyl (C=O) groups is 2. The SMILES string of the molecule is COc1ccc(C=C(C#N)C(=O)Nc2cccc(C(=O)[O-])c2)cc1. The third-order valence-corrected chi connectivity index (χ3v) is 3.15. The van der Waals surface area contributed by atoms with E-state index in [1.54, 1.807) is 31.4 Å². The maximum Gasteiger partial charge on any atom is 0.266 e. The van der Waals surface area contributed by atoms with Gasteiger partial charge in [-0.1, -0.05) is 24.3 Å². The predicted octanol–water partition coefficient (Wildman–Crippen LogP) is 1.60. The maximum atomic E-state index is 12.2. The summed E-state index contributed by atoms with van der Waals surface area (Å²) < 4.78 is 5.04. The molecule has 0 heterocycles. The monoisotopic (exact) mass is 321 g/mol. The fraction of sp³-hybridized carbons (Fsp3) is 0.0556. The van der Waals surface area contributed by atoms with Crippen LogP contribution in [-0.4, -0.2) is 19.0 Å². The largest absolute Gasteiger partial charge is 0.545 e. The van der Waals surface area contributed by atoms with Gasteiger partial charge in [-0.2, -0.15) is 5.26 Å². The second-order valence-corrected chi connectivity index (χ2v) is 4.77. The molecule has 1 N–H and O–H groups in total. The Labute approximate surface area is 138 Å². The second-order valence-electron chi connectivity index (χ2n) is 4.77. The second kappa shape index (κ2) is 7.61. The molecule has 0 spiro atoms. The van der Waals surface area contributed by atoms with Crippen molar-refractivity contribution in [3.8, 4) is 11.8 Å². The van der Waals surface area contributed by atoms with Crippen LogP contribution in [0.15, 0.2) is 54.1 Å². The van der Waals surface area contributed by atoms with E-state index in [0.29, 0.717) is 11.3 Å². The average molecular weight is 321 g/mol. The van der Waals surface area contributed by atoms with Crippen LogP contribution in [0.1, 0.15) is 15.9 Å². The third-order valence-electron chi connectivity index (χ3n) is 3.15. The lowest BCUT2D eigenvalue weighted by atomic mass is 10.1. The number of amides is 1. The number of nitrogens with one attached hydrogen (secondary N) is 1. The molecular formula is C18H13N2O4-. The van der Waals surface area contributed by atoms with E-state index in [2.05, 4.69) is 5.32 Å². The van der Waals surface area contributed by atoms with Gasteiger partial charge in [0.15, 0.2) is 0 Å². The molecule has 2 aromatic carbocycles. The van der Waals surface area contributed by atoms with E-state index in [1.807, 2.05) is 6.07 Å². The Hall–Kier alpha value is -3.59. The number of rotatable bonds is 5. The number of hydrogen-bond acceptors (Lipinski definition) is 5. The van der Waals surface area contributed by atoms with Gasteiger partial charge in [-0.3, -0.25) is 4.79 Å². The van der Waals surface area contributed by atoms with E-state index in [-0.39, 0.29) is 16.8 Å². The third kappa shape index (κ3) is 4.21. The minimum Gasteiger partial charge on any atom is -0.545 e. The molecule has 0 bridgehead atoms. The van der Waals surface area contributed by atoms with Crippen molar-refractivity contribution in [2.45, 2.75) is 0 Å². The number of carboxylic acids is 1. The Morgan fingerprint density at radius 1 is 1.21 bits per heavy atom. The summed E-state index contributed by atoms with van der Waals surface area (Å²) >= 11 is 0. The lowest BCUT2D eigenvalue weighted by molar-refractivity contribution is -0.255. The van der Waals surface area contributed by atoms with Gasteiger partial charge in [0.25, 0.3) is 5.91 Å². The van der Waals surface area contributed by atoms with Crippen molar-refractivity contribution in [3.05, 3.63) is 65.2 Å². The fourth-order valence-electron chi connectivity index (χ4n) is 1.94. The summed E-state index contributed by atoms with van der Waals surface area (Å²) in [5, 5.41) is 22.5. The Kier molecular flexibility index (Phi) is 5.32. The number of ether oxygens (including phenoxy) is 1. The minimum absolute atomic E-state index is 0.0644. The number of nitrogens with zero attached hydrogens (tertiary/aromatic N) is 1. The van der Waals surface area contributed by atoms with Gasteiger partial charge in [-0.25, -0.2) is 0 Å². The van der Waals surface area contributed by atoms with Crippen LogP contribution in [0.25, 0.3) is 6.08 Å². The molecule has 0 aromatic heterocycles. The van der Waals surface area contributed by atoms with Crippen molar-refractivity contribution in [2.75, 3.05) is 12.4 Å². The minimum atomic E-state index is -1.35. The summed E-state index contributed by atoms with van der Waals surface area (Å²) in [6, 6.07) is 14.3. The van der Waals surface area contributed by atoms with Gasteiger partial charge in [0.1, 0.15) is 17.4 Å². The van der Waals surface area contributed by atoms with Crippen molar-refractivity contribution in [1.29, 1.82) is 5.26 Å². The molecule has 0 aliphatic rings. The van der Waals surface area contributed by atoms with Crippen molar-refractivity contribution >= 4 is 23.6 Å². The zero-order valence-electron chi connectivity index (χ0n) is 12.8. The van der Waals surface area contributed by atoms with Crippen molar-refractivity contribution < 1.29 is 19.4 Å². The van der Waals surface area contributed by atoms with Crippen molar-refractivity contribution in [1.82, 2.24) is 0 Å². The van der Waals surface area contributed by atoms with Gasteiger partial charge in [0.05, 0.1) is 13.1 Å². The van der Waals surface area contributed by atoms with E-state index in [9.17, 15) is 20.0 Å². The zero-order valence-corrected chi connectivity index (χ0v) is 12.8. The molecule has 6 heteroatoms. The number of hydrogen-bond donors (Lipinski definition) is 1.